The molecule has 1 heterocycles. The average Bonchev–Trinajstić information content (AvgIpc) is 3.10. The van der Waals surface area contributed by atoms with Gasteiger partial charge in [-0.15, -0.1) is 11.3 Å². The lowest BCUT2D eigenvalue weighted by atomic mass is 10.1. The summed E-state index contributed by atoms with van der Waals surface area (Å²) >= 11 is 1.29. The molecule has 0 aliphatic rings. The number of alkyl halides is 3. The number of hydrogen-bond donors (Lipinski definition) is 2. The predicted octanol–water partition coefficient (Wildman–Crippen LogP) is 5.92. The van der Waals surface area contributed by atoms with E-state index in [-0.39, 0.29) is 5.91 Å². The largest absolute Gasteiger partial charge is 0.416 e. The minimum Gasteiger partial charge on any atom is -0.332 e. The van der Waals surface area contributed by atoms with Crippen molar-refractivity contribution in [3.8, 4) is 11.3 Å². The van der Waals surface area contributed by atoms with Gasteiger partial charge >= 0.3 is 6.18 Å². The smallest absolute Gasteiger partial charge is 0.332 e. The molecule has 4 nitrogen and oxygen atoms in total. The molecule has 3 aromatic rings. The second-order valence-electron chi connectivity index (χ2n) is 5.72. The molecule has 2 N–H and O–H groups in total. The van der Waals surface area contributed by atoms with E-state index in [4.69, 9.17) is 0 Å². The number of thiazole rings is 1. The topological polar surface area (TPSA) is 54.0 Å². The Morgan fingerprint density at radius 1 is 1.11 bits per heavy atom. The van der Waals surface area contributed by atoms with Crippen LogP contribution in [-0.4, -0.2) is 10.9 Å². The van der Waals surface area contributed by atoms with Crippen molar-refractivity contribution in [3.63, 3.8) is 0 Å². The van der Waals surface area contributed by atoms with Crippen LogP contribution in [0.2, 0.25) is 0 Å². The summed E-state index contributed by atoms with van der Waals surface area (Å²) in [6.07, 6.45) is -4.01. The Balaban J connectivity index is 1.78. The van der Waals surface area contributed by atoms with Crippen molar-refractivity contribution < 1.29 is 18.0 Å². The molecule has 2 aromatic carbocycles. The molecule has 8 heteroatoms. The van der Waals surface area contributed by atoms with E-state index in [1.165, 1.54) is 17.4 Å². The van der Waals surface area contributed by atoms with Gasteiger partial charge in [-0.2, -0.15) is 13.2 Å². The number of aromatic nitrogens is 1. The third-order valence-electron chi connectivity index (χ3n) is 3.71. The molecule has 0 aliphatic carbocycles. The maximum Gasteiger partial charge on any atom is 0.416 e. The van der Waals surface area contributed by atoms with E-state index >= 15 is 0 Å². The van der Waals surface area contributed by atoms with Crippen molar-refractivity contribution in [2.75, 3.05) is 10.6 Å². The highest BCUT2D eigenvalue weighted by molar-refractivity contribution is 7.14. The van der Waals surface area contributed by atoms with Crippen molar-refractivity contribution in [2.45, 2.75) is 19.5 Å². The van der Waals surface area contributed by atoms with E-state index in [1.54, 1.807) is 36.6 Å². The number of rotatable bonds is 5. The molecule has 1 aromatic heterocycles. The van der Waals surface area contributed by atoms with Crippen LogP contribution in [-0.2, 0) is 11.0 Å². The lowest BCUT2D eigenvalue weighted by Crippen LogP contribution is -2.09. The number of carbonyl (C=O) groups excluding carboxylic acids is 1. The molecule has 0 saturated carbocycles. The zero-order valence-corrected chi connectivity index (χ0v) is 15.1. The third kappa shape index (κ3) is 4.85. The summed E-state index contributed by atoms with van der Waals surface area (Å²) in [6.45, 7) is 1.77. The molecule has 0 atom stereocenters. The minimum absolute atomic E-state index is 0.0858. The Bertz CT molecular complexity index is 953. The fraction of sp³-hybridized carbons (Fsp3) is 0.158. The Morgan fingerprint density at radius 2 is 1.85 bits per heavy atom. The van der Waals surface area contributed by atoms with E-state index in [2.05, 4.69) is 15.6 Å². The normalized spacial score (nSPS) is 11.3. The molecule has 0 bridgehead atoms. The van der Waals surface area contributed by atoms with Gasteiger partial charge in [0.2, 0.25) is 5.91 Å². The van der Waals surface area contributed by atoms with Crippen LogP contribution >= 0.6 is 11.3 Å². The standard InChI is InChI=1S/C19H16F3N3OS/c1-2-17(26)23-14-7-3-5-12(9-14)16-11-27-18(25-16)24-15-8-4-6-13(10-15)19(20,21)22/h3-11H,2H2,1H3,(H,23,26)(H,24,25). The van der Waals surface area contributed by atoms with Crippen LogP contribution in [0.5, 0.6) is 0 Å². The predicted molar refractivity (Wildman–Crippen MR) is 101 cm³/mol. The number of carbonyl (C=O) groups is 1. The fourth-order valence-corrected chi connectivity index (χ4v) is 3.11. The van der Waals surface area contributed by atoms with Crippen LogP contribution in [0.1, 0.15) is 18.9 Å². The second kappa shape index (κ2) is 7.79. The third-order valence-corrected chi connectivity index (χ3v) is 4.47. The number of hydrogen-bond acceptors (Lipinski definition) is 4. The number of benzene rings is 2. The van der Waals surface area contributed by atoms with Gasteiger partial charge in [-0.25, -0.2) is 4.98 Å². The van der Waals surface area contributed by atoms with Gasteiger partial charge in [0, 0.05) is 28.7 Å². The second-order valence-corrected chi connectivity index (χ2v) is 6.58. The Kier molecular flexibility index (Phi) is 5.46. The number of nitrogens with one attached hydrogen (secondary N) is 2. The number of anilines is 3. The summed E-state index contributed by atoms with van der Waals surface area (Å²) in [6, 6.07) is 12.2. The van der Waals surface area contributed by atoms with Crippen LogP contribution in [0.3, 0.4) is 0 Å². The number of halogens is 3. The lowest BCUT2D eigenvalue weighted by molar-refractivity contribution is -0.137. The molecular weight excluding hydrogens is 375 g/mol. The summed E-state index contributed by atoms with van der Waals surface area (Å²) in [5, 5.41) is 7.96. The summed E-state index contributed by atoms with van der Waals surface area (Å²) in [5.41, 5.74) is 1.73. The van der Waals surface area contributed by atoms with Crippen molar-refractivity contribution in [3.05, 3.63) is 59.5 Å². The van der Waals surface area contributed by atoms with Gasteiger partial charge in [-0.1, -0.05) is 25.1 Å². The number of amides is 1. The monoisotopic (exact) mass is 391 g/mol. The summed E-state index contributed by atoms with van der Waals surface area (Å²) in [4.78, 5) is 15.9. The van der Waals surface area contributed by atoms with Crippen molar-refractivity contribution in [1.29, 1.82) is 0 Å². The van der Waals surface area contributed by atoms with Crippen molar-refractivity contribution in [1.82, 2.24) is 4.98 Å². The first-order valence-electron chi connectivity index (χ1n) is 8.15. The zero-order valence-electron chi connectivity index (χ0n) is 14.3. The highest BCUT2D eigenvalue weighted by atomic mass is 32.1. The first-order chi connectivity index (χ1) is 12.8. The Morgan fingerprint density at radius 3 is 2.59 bits per heavy atom. The first kappa shape index (κ1) is 18.9. The van der Waals surface area contributed by atoms with Crippen molar-refractivity contribution >= 4 is 33.8 Å². The summed E-state index contributed by atoms with van der Waals surface area (Å²) in [5.74, 6) is -0.0858. The highest BCUT2D eigenvalue weighted by Crippen LogP contribution is 2.33. The quantitative estimate of drug-likeness (QED) is 0.568. The minimum atomic E-state index is -4.39. The summed E-state index contributed by atoms with van der Waals surface area (Å²) < 4.78 is 38.4. The van der Waals surface area contributed by atoms with Crippen LogP contribution in [0.15, 0.2) is 53.9 Å². The molecule has 0 spiro atoms. The van der Waals surface area contributed by atoms with Crippen LogP contribution in [0.25, 0.3) is 11.3 Å². The van der Waals surface area contributed by atoms with Gasteiger partial charge in [-0.05, 0) is 30.3 Å². The van der Waals surface area contributed by atoms with E-state index in [0.717, 1.165) is 17.7 Å². The molecule has 0 unspecified atom stereocenters. The molecule has 0 fully saturated rings. The molecule has 1 amide bonds. The fourth-order valence-electron chi connectivity index (χ4n) is 2.37. The van der Waals surface area contributed by atoms with Gasteiger partial charge in [0.15, 0.2) is 5.13 Å². The van der Waals surface area contributed by atoms with E-state index < -0.39 is 11.7 Å². The van der Waals surface area contributed by atoms with Gasteiger partial charge in [0.1, 0.15) is 0 Å². The zero-order chi connectivity index (χ0) is 19.4. The molecule has 27 heavy (non-hydrogen) atoms. The first-order valence-corrected chi connectivity index (χ1v) is 9.03. The van der Waals surface area contributed by atoms with Gasteiger partial charge in [0.25, 0.3) is 0 Å². The van der Waals surface area contributed by atoms with E-state index in [1.807, 2.05) is 6.07 Å². The molecule has 3 rings (SSSR count). The highest BCUT2D eigenvalue weighted by Gasteiger charge is 2.30. The SMILES string of the molecule is CCC(=O)Nc1cccc(-c2csc(Nc3cccc(C(F)(F)F)c3)n2)c1. The molecular formula is C19H16F3N3OS. The van der Waals surface area contributed by atoms with Gasteiger partial charge in [-0.3, -0.25) is 4.79 Å². The maximum absolute atomic E-state index is 12.8. The summed E-state index contributed by atoms with van der Waals surface area (Å²) in [7, 11) is 0. The lowest BCUT2D eigenvalue weighted by Gasteiger charge is -2.09. The molecule has 0 aliphatic heterocycles. The van der Waals surface area contributed by atoms with Gasteiger partial charge in [0.05, 0.1) is 11.3 Å². The number of nitrogens with zero attached hydrogens (tertiary/aromatic N) is 1. The molecule has 0 radical (unpaired) electrons. The van der Waals surface area contributed by atoms with Crippen LogP contribution in [0.4, 0.5) is 29.7 Å². The van der Waals surface area contributed by atoms with E-state index in [9.17, 15) is 18.0 Å². The Labute approximate surface area is 158 Å². The van der Waals surface area contributed by atoms with Crippen molar-refractivity contribution in [2.24, 2.45) is 0 Å². The molecule has 140 valence electrons. The van der Waals surface area contributed by atoms with Gasteiger partial charge < -0.3 is 10.6 Å². The maximum atomic E-state index is 12.8. The Hall–Kier alpha value is -2.87. The molecule has 0 saturated heterocycles. The van der Waals surface area contributed by atoms with Crippen LogP contribution < -0.4 is 10.6 Å². The van der Waals surface area contributed by atoms with E-state index in [0.29, 0.717) is 28.6 Å². The van der Waals surface area contributed by atoms with Crippen LogP contribution in [0, 0.1) is 0 Å². The average molecular weight is 391 g/mol.